The molecule has 2 heterocycles. The van der Waals surface area contributed by atoms with Crippen molar-refractivity contribution in [2.45, 2.75) is 19.8 Å². The number of hydrogen-bond acceptors (Lipinski definition) is 2. The van der Waals surface area contributed by atoms with Crippen LogP contribution in [0.4, 0.5) is 4.39 Å². The first-order valence-electron chi connectivity index (χ1n) is 9.11. The molecule has 5 aromatic rings. The number of furan rings is 1. The monoisotopic (exact) mass is 355 g/mol. The van der Waals surface area contributed by atoms with Gasteiger partial charge in [0.05, 0.1) is 5.69 Å². The highest BCUT2D eigenvalue weighted by atomic mass is 19.1. The minimum atomic E-state index is -0.299. The van der Waals surface area contributed by atoms with Crippen LogP contribution in [0.15, 0.2) is 71.3 Å². The molecule has 0 fully saturated rings. The Hall–Kier alpha value is -3.20. The number of rotatable bonds is 2. The van der Waals surface area contributed by atoms with Crippen molar-refractivity contribution in [3.05, 3.63) is 78.2 Å². The Morgan fingerprint density at radius 2 is 1.74 bits per heavy atom. The molecule has 0 aliphatic carbocycles. The highest BCUT2D eigenvalue weighted by Crippen LogP contribution is 2.37. The largest absolute Gasteiger partial charge is 0.455 e. The molecule has 132 valence electrons. The average molecular weight is 355 g/mol. The van der Waals surface area contributed by atoms with Crippen LogP contribution >= 0.6 is 0 Å². The molecular formula is C24H18FNO. The van der Waals surface area contributed by atoms with Crippen LogP contribution in [0.1, 0.15) is 25.3 Å². The molecular weight excluding hydrogens is 337 g/mol. The lowest BCUT2D eigenvalue weighted by molar-refractivity contribution is 0.618. The van der Waals surface area contributed by atoms with Crippen LogP contribution in [0.3, 0.4) is 0 Å². The molecule has 2 aromatic heterocycles. The van der Waals surface area contributed by atoms with Gasteiger partial charge in [0.2, 0.25) is 0 Å². The second-order valence-electron chi connectivity index (χ2n) is 7.22. The zero-order valence-corrected chi connectivity index (χ0v) is 15.2. The third-order valence-corrected chi connectivity index (χ3v) is 5.17. The van der Waals surface area contributed by atoms with Gasteiger partial charge in [-0.3, -0.25) is 4.98 Å². The van der Waals surface area contributed by atoms with E-state index in [0.29, 0.717) is 11.5 Å². The molecule has 0 aliphatic rings. The first-order chi connectivity index (χ1) is 13.1. The summed E-state index contributed by atoms with van der Waals surface area (Å²) in [6, 6.07) is 19.2. The van der Waals surface area contributed by atoms with Crippen molar-refractivity contribution in [2.75, 3.05) is 0 Å². The standard InChI is InChI=1S/C24H18FNO/c1-14(2)15-6-8-18-16(12-15)10-11-26-23(18)21-5-3-4-20-19-9-7-17(25)13-22(19)27-24(20)21/h3-14H,1-2H3. The summed E-state index contributed by atoms with van der Waals surface area (Å²) >= 11 is 0. The van der Waals surface area contributed by atoms with E-state index in [0.717, 1.165) is 38.4 Å². The smallest absolute Gasteiger partial charge is 0.144 e. The molecule has 27 heavy (non-hydrogen) atoms. The van der Waals surface area contributed by atoms with Crippen LogP contribution < -0.4 is 0 Å². The fourth-order valence-corrected chi connectivity index (χ4v) is 3.73. The molecule has 5 rings (SSSR count). The highest BCUT2D eigenvalue weighted by molar-refractivity contribution is 6.11. The number of hydrogen-bond donors (Lipinski definition) is 0. The molecule has 3 heteroatoms. The van der Waals surface area contributed by atoms with Crippen LogP contribution in [-0.2, 0) is 0 Å². The van der Waals surface area contributed by atoms with Gasteiger partial charge >= 0.3 is 0 Å². The Kier molecular flexibility index (Phi) is 3.51. The van der Waals surface area contributed by atoms with E-state index in [1.54, 1.807) is 6.07 Å². The summed E-state index contributed by atoms with van der Waals surface area (Å²) < 4.78 is 19.7. The van der Waals surface area contributed by atoms with Crippen LogP contribution in [0.2, 0.25) is 0 Å². The zero-order valence-electron chi connectivity index (χ0n) is 15.2. The van der Waals surface area contributed by atoms with Gasteiger partial charge in [0.15, 0.2) is 0 Å². The van der Waals surface area contributed by atoms with Gasteiger partial charge < -0.3 is 4.42 Å². The Morgan fingerprint density at radius 1 is 0.889 bits per heavy atom. The average Bonchev–Trinajstić information content (AvgIpc) is 3.04. The number of benzene rings is 3. The number of halogens is 1. The van der Waals surface area contributed by atoms with Crippen LogP contribution in [-0.4, -0.2) is 4.98 Å². The fourth-order valence-electron chi connectivity index (χ4n) is 3.73. The van der Waals surface area contributed by atoms with Gasteiger partial charge in [0.1, 0.15) is 17.0 Å². The molecule has 0 saturated heterocycles. The van der Waals surface area contributed by atoms with Crippen LogP contribution in [0.25, 0.3) is 44.0 Å². The molecule has 0 aliphatic heterocycles. The SMILES string of the molecule is CC(C)c1ccc2c(-c3cccc4c3oc3cc(F)ccc34)nccc2c1. The molecule has 0 unspecified atom stereocenters. The number of aromatic nitrogens is 1. The van der Waals surface area contributed by atoms with E-state index in [2.05, 4.69) is 37.0 Å². The predicted octanol–water partition coefficient (Wildman–Crippen LogP) is 7.06. The van der Waals surface area contributed by atoms with E-state index in [1.165, 1.54) is 17.7 Å². The third kappa shape index (κ3) is 2.50. The zero-order chi connectivity index (χ0) is 18.5. The second-order valence-corrected chi connectivity index (χ2v) is 7.22. The van der Waals surface area contributed by atoms with Crippen molar-refractivity contribution < 1.29 is 8.81 Å². The van der Waals surface area contributed by atoms with Gasteiger partial charge in [-0.2, -0.15) is 0 Å². The molecule has 0 N–H and O–H groups in total. The van der Waals surface area contributed by atoms with E-state index < -0.39 is 0 Å². The van der Waals surface area contributed by atoms with Crippen molar-refractivity contribution >= 4 is 32.7 Å². The summed E-state index contributed by atoms with van der Waals surface area (Å²) in [6.45, 7) is 4.38. The van der Waals surface area contributed by atoms with Crippen molar-refractivity contribution in [3.63, 3.8) is 0 Å². The minimum absolute atomic E-state index is 0.299. The second kappa shape index (κ2) is 5.92. The van der Waals surface area contributed by atoms with Crippen molar-refractivity contribution in [2.24, 2.45) is 0 Å². The minimum Gasteiger partial charge on any atom is -0.455 e. The molecule has 2 nitrogen and oxygen atoms in total. The van der Waals surface area contributed by atoms with E-state index in [4.69, 9.17) is 4.42 Å². The van der Waals surface area contributed by atoms with E-state index in [-0.39, 0.29) is 5.82 Å². The van der Waals surface area contributed by atoms with Crippen LogP contribution in [0.5, 0.6) is 0 Å². The van der Waals surface area contributed by atoms with E-state index in [9.17, 15) is 4.39 Å². The Morgan fingerprint density at radius 3 is 2.59 bits per heavy atom. The maximum absolute atomic E-state index is 13.6. The molecule has 0 atom stereocenters. The summed E-state index contributed by atoms with van der Waals surface area (Å²) in [5.41, 5.74) is 4.41. The van der Waals surface area contributed by atoms with Gasteiger partial charge in [0, 0.05) is 34.0 Å². The lowest BCUT2D eigenvalue weighted by atomic mass is 9.97. The third-order valence-electron chi connectivity index (χ3n) is 5.17. The molecule has 0 amide bonds. The molecule has 0 spiro atoms. The van der Waals surface area contributed by atoms with Crippen molar-refractivity contribution in [1.29, 1.82) is 0 Å². The van der Waals surface area contributed by atoms with Gasteiger partial charge in [-0.25, -0.2) is 4.39 Å². The fraction of sp³-hybridized carbons (Fsp3) is 0.125. The normalized spacial score (nSPS) is 11.9. The summed E-state index contributed by atoms with van der Waals surface area (Å²) in [5.74, 6) is 0.173. The highest BCUT2D eigenvalue weighted by Gasteiger charge is 2.15. The van der Waals surface area contributed by atoms with Gasteiger partial charge in [0.25, 0.3) is 0 Å². The number of fused-ring (bicyclic) bond motifs is 4. The first kappa shape index (κ1) is 16.0. The molecule has 3 aromatic carbocycles. The van der Waals surface area contributed by atoms with Crippen LogP contribution in [0, 0.1) is 5.82 Å². The summed E-state index contributed by atoms with van der Waals surface area (Å²) in [6.07, 6.45) is 1.84. The summed E-state index contributed by atoms with van der Waals surface area (Å²) in [5, 5.41) is 4.13. The summed E-state index contributed by atoms with van der Waals surface area (Å²) in [4.78, 5) is 4.66. The van der Waals surface area contributed by atoms with E-state index >= 15 is 0 Å². The van der Waals surface area contributed by atoms with Gasteiger partial charge in [-0.15, -0.1) is 0 Å². The predicted molar refractivity (Wildman–Crippen MR) is 109 cm³/mol. The number of pyridine rings is 1. The Labute approximate surface area is 156 Å². The van der Waals surface area contributed by atoms with Crippen molar-refractivity contribution in [1.82, 2.24) is 4.98 Å². The van der Waals surface area contributed by atoms with Gasteiger partial charge in [-0.05, 0) is 41.1 Å². The Bertz CT molecular complexity index is 1320. The van der Waals surface area contributed by atoms with Crippen molar-refractivity contribution in [3.8, 4) is 11.3 Å². The molecule has 0 saturated carbocycles. The maximum atomic E-state index is 13.6. The Balaban J connectivity index is 1.82. The maximum Gasteiger partial charge on any atom is 0.144 e. The summed E-state index contributed by atoms with van der Waals surface area (Å²) in [7, 11) is 0. The van der Waals surface area contributed by atoms with E-state index in [1.807, 2.05) is 30.5 Å². The molecule has 0 bridgehead atoms. The number of nitrogens with zero attached hydrogens (tertiary/aromatic N) is 1. The molecule has 0 radical (unpaired) electrons. The topological polar surface area (TPSA) is 26.0 Å². The van der Waals surface area contributed by atoms with Gasteiger partial charge in [-0.1, -0.05) is 44.2 Å². The lowest BCUT2D eigenvalue weighted by Crippen LogP contribution is -1.90. The lowest BCUT2D eigenvalue weighted by Gasteiger charge is -2.10. The quantitative estimate of drug-likeness (QED) is 0.339. The number of para-hydroxylation sites is 1. The first-order valence-corrected chi connectivity index (χ1v) is 9.11.